The summed E-state index contributed by atoms with van der Waals surface area (Å²) >= 11 is 6.09. The Bertz CT molecular complexity index is 1030. The van der Waals surface area contributed by atoms with Gasteiger partial charge in [-0.15, -0.1) is 0 Å². The van der Waals surface area contributed by atoms with Crippen molar-refractivity contribution in [1.82, 2.24) is 10.2 Å². The lowest BCUT2D eigenvalue weighted by Gasteiger charge is -2.29. The van der Waals surface area contributed by atoms with Crippen molar-refractivity contribution in [2.24, 2.45) is 0 Å². The van der Waals surface area contributed by atoms with Crippen LogP contribution in [0, 0.1) is 6.92 Å². The number of sulfonamides is 1. The van der Waals surface area contributed by atoms with E-state index in [-0.39, 0.29) is 5.91 Å². The first kappa shape index (κ1) is 24.6. The lowest BCUT2D eigenvalue weighted by molar-refractivity contribution is -0.122. The minimum absolute atomic E-state index is 0.333. The van der Waals surface area contributed by atoms with Crippen LogP contribution in [0.3, 0.4) is 0 Å². The molecule has 0 radical (unpaired) electrons. The predicted octanol–water partition coefficient (Wildman–Crippen LogP) is 4.11. The molecule has 1 amide bonds. The minimum Gasteiger partial charge on any atom is -0.350 e. The summed E-state index contributed by atoms with van der Waals surface area (Å²) in [6.07, 6.45) is 4.95. The first-order valence-corrected chi connectivity index (χ1v) is 13.2. The maximum absolute atomic E-state index is 12.8. The molecule has 1 saturated heterocycles. The van der Waals surface area contributed by atoms with Crippen molar-refractivity contribution in [1.29, 1.82) is 0 Å². The third-order valence-corrected chi connectivity index (χ3v) is 7.30. The Morgan fingerprint density at radius 3 is 2.34 bits per heavy atom. The number of benzene rings is 2. The van der Waals surface area contributed by atoms with Gasteiger partial charge in [0.1, 0.15) is 6.04 Å². The van der Waals surface area contributed by atoms with Gasteiger partial charge < -0.3 is 5.32 Å². The van der Waals surface area contributed by atoms with E-state index in [1.54, 1.807) is 32.0 Å². The molecule has 0 aliphatic carbocycles. The standard InChI is InChI=1S/C24H32ClN3O3S/c1-18-7-12-22(25)15-23(18)28(32(3,30)31)19(2)24(29)26-16-20-8-10-21(11-9-20)17-27-13-5-4-6-14-27/h7-12,15,19H,4-6,13-14,16-17H2,1-3H3,(H,26,29)/t19-/m1/s1. The van der Waals surface area contributed by atoms with Crippen molar-refractivity contribution in [2.75, 3.05) is 23.7 Å². The van der Waals surface area contributed by atoms with Crippen LogP contribution in [-0.4, -0.2) is 44.6 Å². The van der Waals surface area contributed by atoms with Gasteiger partial charge in [0, 0.05) is 18.1 Å². The second-order valence-corrected chi connectivity index (χ2v) is 10.8. The smallest absolute Gasteiger partial charge is 0.243 e. The lowest BCUT2D eigenvalue weighted by atomic mass is 10.1. The fraction of sp³-hybridized carbons (Fsp3) is 0.458. The zero-order valence-corrected chi connectivity index (χ0v) is 20.5. The highest BCUT2D eigenvalue weighted by atomic mass is 35.5. The number of nitrogens with zero attached hydrogens (tertiary/aromatic N) is 2. The summed E-state index contributed by atoms with van der Waals surface area (Å²) in [6.45, 7) is 6.96. The van der Waals surface area contributed by atoms with Crippen LogP contribution in [0.15, 0.2) is 42.5 Å². The van der Waals surface area contributed by atoms with E-state index < -0.39 is 16.1 Å². The highest BCUT2D eigenvalue weighted by Crippen LogP contribution is 2.28. The number of rotatable bonds is 8. The number of aryl methyl sites for hydroxylation is 1. The second-order valence-electron chi connectivity index (χ2n) is 8.54. The Balaban J connectivity index is 1.64. The maximum Gasteiger partial charge on any atom is 0.243 e. The number of halogens is 1. The Morgan fingerprint density at radius 1 is 1.09 bits per heavy atom. The largest absolute Gasteiger partial charge is 0.350 e. The number of carbonyl (C=O) groups is 1. The number of likely N-dealkylation sites (tertiary alicyclic amines) is 1. The maximum atomic E-state index is 12.8. The van der Waals surface area contributed by atoms with E-state index in [9.17, 15) is 13.2 Å². The Hall–Kier alpha value is -2.09. The number of piperidine rings is 1. The third-order valence-electron chi connectivity index (χ3n) is 5.84. The lowest BCUT2D eigenvalue weighted by Crippen LogP contribution is -2.48. The summed E-state index contributed by atoms with van der Waals surface area (Å²) in [4.78, 5) is 15.3. The highest BCUT2D eigenvalue weighted by Gasteiger charge is 2.30. The van der Waals surface area contributed by atoms with Crippen LogP contribution in [0.25, 0.3) is 0 Å². The summed E-state index contributed by atoms with van der Waals surface area (Å²) in [5.41, 5.74) is 3.36. The number of nitrogens with one attached hydrogen (secondary N) is 1. The first-order chi connectivity index (χ1) is 15.1. The molecule has 6 nitrogen and oxygen atoms in total. The van der Waals surface area contributed by atoms with Gasteiger partial charge in [0.2, 0.25) is 15.9 Å². The van der Waals surface area contributed by atoms with Crippen LogP contribution in [0.2, 0.25) is 5.02 Å². The van der Waals surface area contributed by atoms with E-state index in [4.69, 9.17) is 11.6 Å². The first-order valence-electron chi connectivity index (χ1n) is 11.0. The highest BCUT2D eigenvalue weighted by molar-refractivity contribution is 7.92. The quantitative estimate of drug-likeness (QED) is 0.621. The average Bonchev–Trinajstić information content (AvgIpc) is 2.75. The summed E-state index contributed by atoms with van der Waals surface area (Å²) in [6, 6.07) is 12.3. The van der Waals surface area contributed by atoms with Crippen LogP contribution in [-0.2, 0) is 27.9 Å². The fourth-order valence-electron chi connectivity index (χ4n) is 4.08. The van der Waals surface area contributed by atoms with Crippen molar-refractivity contribution in [2.45, 2.75) is 52.2 Å². The summed E-state index contributed by atoms with van der Waals surface area (Å²) < 4.78 is 26.2. The molecule has 0 bridgehead atoms. The van der Waals surface area contributed by atoms with Crippen molar-refractivity contribution >= 4 is 33.2 Å². The monoisotopic (exact) mass is 477 g/mol. The molecular weight excluding hydrogens is 446 g/mol. The van der Waals surface area contributed by atoms with Gasteiger partial charge in [-0.05, 0) is 68.6 Å². The van der Waals surface area contributed by atoms with Crippen LogP contribution in [0.5, 0.6) is 0 Å². The molecule has 2 aromatic carbocycles. The average molecular weight is 478 g/mol. The molecule has 174 valence electrons. The van der Waals surface area contributed by atoms with E-state index in [0.717, 1.165) is 41.3 Å². The van der Waals surface area contributed by atoms with Crippen LogP contribution >= 0.6 is 11.6 Å². The topological polar surface area (TPSA) is 69.7 Å². The molecule has 32 heavy (non-hydrogen) atoms. The van der Waals surface area contributed by atoms with Crippen LogP contribution < -0.4 is 9.62 Å². The summed E-state index contributed by atoms with van der Waals surface area (Å²) in [7, 11) is -3.70. The van der Waals surface area contributed by atoms with Gasteiger partial charge in [-0.3, -0.25) is 14.0 Å². The Labute approximate surface area is 196 Å². The minimum atomic E-state index is -3.70. The molecule has 0 saturated carbocycles. The molecular formula is C24H32ClN3O3S. The van der Waals surface area contributed by atoms with Gasteiger partial charge in [-0.2, -0.15) is 0 Å². The normalized spacial score (nSPS) is 15.9. The van der Waals surface area contributed by atoms with E-state index in [1.807, 2.05) is 12.1 Å². The Kier molecular flexibility index (Phi) is 8.20. The molecule has 1 fully saturated rings. The van der Waals surface area contributed by atoms with Crippen molar-refractivity contribution in [3.05, 3.63) is 64.2 Å². The predicted molar refractivity (Wildman–Crippen MR) is 130 cm³/mol. The molecule has 0 spiro atoms. The van der Waals surface area contributed by atoms with Crippen molar-refractivity contribution < 1.29 is 13.2 Å². The van der Waals surface area contributed by atoms with Gasteiger partial charge in [0.25, 0.3) is 0 Å². The van der Waals surface area contributed by atoms with E-state index >= 15 is 0 Å². The van der Waals surface area contributed by atoms with Crippen LogP contribution in [0.4, 0.5) is 5.69 Å². The summed E-state index contributed by atoms with van der Waals surface area (Å²) in [5, 5.41) is 3.28. The molecule has 2 aromatic rings. The molecule has 0 aromatic heterocycles. The van der Waals surface area contributed by atoms with Crippen molar-refractivity contribution in [3.63, 3.8) is 0 Å². The van der Waals surface area contributed by atoms with E-state index in [2.05, 4.69) is 22.3 Å². The molecule has 1 aliphatic rings. The van der Waals surface area contributed by atoms with Gasteiger partial charge in [0.15, 0.2) is 0 Å². The SMILES string of the molecule is Cc1ccc(Cl)cc1N([C@H](C)C(=O)NCc1ccc(CN2CCCCC2)cc1)S(C)(=O)=O. The van der Waals surface area contributed by atoms with Crippen molar-refractivity contribution in [3.8, 4) is 0 Å². The molecule has 3 rings (SSSR count). The second kappa shape index (κ2) is 10.7. The van der Waals surface area contributed by atoms with Gasteiger partial charge in [0.05, 0.1) is 11.9 Å². The zero-order valence-electron chi connectivity index (χ0n) is 19.0. The number of amides is 1. The molecule has 1 atom stereocenters. The van der Waals surface area contributed by atoms with E-state index in [0.29, 0.717) is 17.3 Å². The number of hydrogen-bond donors (Lipinski definition) is 1. The number of carbonyl (C=O) groups excluding carboxylic acids is 1. The van der Waals surface area contributed by atoms with Gasteiger partial charge in [-0.25, -0.2) is 8.42 Å². The third kappa shape index (κ3) is 6.47. The van der Waals surface area contributed by atoms with E-state index in [1.165, 1.54) is 24.8 Å². The number of hydrogen-bond acceptors (Lipinski definition) is 4. The molecule has 1 aliphatic heterocycles. The van der Waals surface area contributed by atoms with Crippen LogP contribution in [0.1, 0.15) is 42.9 Å². The molecule has 8 heteroatoms. The zero-order chi connectivity index (χ0) is 23.3. The Morgan fingerprint density at radius 2 is 1.72 bits per heavy atom. The number of anilines is 1. The summed E-state index contributed by atoms with van der Waals surface area (Å²) in [5.74, 6) is -0.368. The molecule has 0 unspecified atom stereocenters. The van der Waals surface area contributed by atoms with Gasteiger partial charge in [-0.1, -0.05) is 48.4 Å². The molecule has 1 N–H and O–H groups in total. The van der Waals surface area contributed by atoms with Gasteiger partial charge >= 0.3 is 0 Å². The molecule has 1 heterocycles. The fourth-order valence-corrected chi connectivity index (χ4v) is 5.47.